The highest BCUT2D eigenvalue weighted by atomic mass is 35.5. The zero-order valence-electron chi connectivity index (χ0n) is 12.8. The number of halogens is 3. The highest BCUT2D eigenvalue weighted by molar-refractivity contribution is 7.92. The molecule has 9 heteroatoms. The molecule has 0 unspecified atom stereocenters. The highest BCUT2D eigenvalue weighted by Gasteiger charge is 2.27. The molecule has 0 aliphatic heterocycles. The summed E-state index contributed by atoms with van der Waals surface area (Å²) in [6.07, 6.45) is -0.147. The van der Waals surface area contributed by atoms with Gasteiger partial charge in [-0.1, -0.05) is 29.3 Å². The van der Waals surface area contributed by atoms with Crippen molar-refractivity contribution in [2.75, 3.05) is 10.8 Å². The van der Waals surface area contributed by atoms with E-state index in [1.807, 2.05) is 0 Å². The van der Waals surface area contributed by atoms with E-state index in [4.69, 9.17) is 28.3 Å². The zero-order chi connectivity index (χ0) is 18.6. The molecular weight excluding hydrogens is 392 g/mol. The summed E-state index contributed by atoms with van der Waals surface area (Å²) >= 11 is 12.1. The van der Waals surface area contributed by atoms with E-state index in [1.54, 1.807) is 0 Å². The van der Waals surface area contributed by atoms with Crippen molar-refractivity contribution in [1.29, 1.82) is 0 Å². The van der Waals surface area contributed by atoms with Crippen LogP contribution in [0, 0.1) is 5.82 Å². The Hall–Kier alpha value is -1.83. The van der Waals surface area contributed by atoms with E-state index in [9.17, 15) is 17.6 Å². The van der Waals surface area contributed by atoms with Gasteiger partial charge in [0.25, 0.3) is 10.0 Å². The van der Waals surface area contributed by atoms with Crippen molar-refractivity contribution in [1.82, 2.24) is 0 Å². The van der Waals surface area contributed by atoms with Gasteiger partial charge in [0.05, 0.1) is 20.6 Å². The van der Waals surface area contributed by atoms with Crippen molar-refractivity contribution in [2.24, 2.45) is 0 Å². The molecule has 0 aromatic heterocycles. The van der Waals surface area contributed by atoms with Crippen LogP contribution in [0.2, 0.25) is 10.0 Å². The standard InChI is InChI=1S/C16H14Cl2FNO4S/c17-13-3-1-4-14(16(13)18)20(10-2-5-15(21)22)25(23,24)12-8-6-11(19)7-9-12/h1,3-4,6-9H,2,5,10H2,(H,21,22). The SMILES string of the molecule is O=C(O)CCCN(c1cccc(Cl)c1Cl)S(=O)(=O)c1ccc(F)cc1. The summed E-state index contributed by atoms with van der Waals surface area (Å²) in [6, 6.07) is 8.84. The van der Waals surface area contributed by atoms with Crippen LogP contribution in [0.1, 0.15) is 12.8 Å². The maximum atomic E-state index is 13.1. The molecule has 0 heterocycles. The van der Waals surface area contributed by atoms with Crippen LogP contribution in [0.3, 0.4) is 0 Å². The minimum absolute atomic E-state index is 0.0326. The van der Waals surface area contributed by atoms with Crippen LogP contribution in [-0.2, 0) is 14.8 Å². The van der Waals surface area contributed by atoms with Gasteiger partial charge in [0.15, 0.2) is 0 Å². The van der Waals surface area contributed by atoms with Crippen LogP contribution < -0.4 is 4.31 Å². The lowest BCUT2D eigenvalue weighted by molar-refractivity contribution is -0.137. The summed E-state index contributed by atoms with van der Waals surface area (Å²) in [4.78, 5) is 10.6. The third-order valence-corrected chi connectivity index (χ3v) is 5.99. The Morgan fingerprint density at radius 3 is 2.36 bits per heavy atom. The molecule has 0 radical (unpaired) electrons. The van der Waals surface area contributed by atoms with Crippen molar-refractivity contribution in [2.45, 2.75) is 17.7 Å². The lowest BCUT2D eigenvalue weighted by Gasteiger charge is -2.25. The van der Waals surface area contributed by atoms with E-state index in [0.717, 1.165) is 28.6 Å². The predicted octanol–water partition coefficient (Wildman–Crippen LogP) is 4.19. The van der Waals surface area contributed by atoms with Gasteiger partial charge in [-0.15, -0.1) is 0 Å². The Morgan fingerprint density at radius 1 is 1.12 bits per heavy atom. The van der Waals surface area contributed by atoms with E-state index >= 15 is 0 Å². The molecule has 0 aliphatic rings. The summed E-state index contributed by atoms with van der Waals surface area (Å²) in [5.41, 5.74) is 0.129. The van der Waals surface area contributed by atoms with Gasteiger partial charge in [-0.2, -0.15) is 0 Å². The molecule has 1 N–H and O–H groups in total. The number of rotatable bonds is 7. The second kappa shape index (κ2) is 8.03. The number of nitrogens with zero attached hydrogens (tertiary/aromatic N) is 1. The molecule has 2 rings (SSSR count). The first-order chi connectivity index (χ1) is 11.7. The number of sulfonamides is 1. The maximum Gasteiger partial charge on any atom is 0.303 e. The normalized spacial score (nSPS) is 11.3. The van der Waals surface area contributed by atoms with E-state index in [0.29, 0.717) is 0 Å². The second-order valence-electron chi connectivity index (χ2n) is 5.10. The quantitative estimate of drug-likeness (QED) is 0.748. The van der Waals surface area contributed by atoms with Crippen molar-refractivity contribution in [3.63, 3.8) is 0 Å². The first-order valence-electron chi connectivity index (χ1n) is 7.17. The van der Waals surface area contributed by atoms with Gasteiger partial charge in [-0.3, -0.25) is 9.10 Å². The molecule has 5 nitrogen and oxygen atoms in total. The van der Waals surface area contributed by atoms with Gasteiger partial charge in [0.1, 0.15) is 5.82 Å². The van der Waals surface area contributed by atoms with E-state index in [1.165, 1.54) is 18.2 Å². The molecular formula is C16H14Cl2FNO4S. The van der Waals surface area contributed by atoms with Crippen molar-refractivity contribution in [3.8, 4) is 0 Å². The minimum Gasteiger partial charge on any atom is -0.481 e. The number of benzene rings is 2. The Bertz CT molecular complexity index is 872. The summed E-state index contributed by atoms with van der Waals surface area (Å²) in [5.74, 6) is -1.62. The molecule has 134 valence electrons. The van der Waals surface area contributed by atoms with Gasteiger partial charge in [0.2, 0.25) is 0 Å². The minimum atomic E-state index is -4.08. The average Bonchev–Trinajstić information content (AvgIpc) is 2.55. The molecule has 2 aromatic carbocycles. The van der Waals surface area contributed by atoms with Gasteiger partial charge in [-0.25, -0.2) is 12.8 Å². The van der Waals surface area contributed by atoms with Gasteiger partial charge < -0.3 is 5.11 Å². The van der Waals surface area contributed by atoms with Gasteiger partial charge in [-0.05, 0) is 42.8 Å². The Labute approximate surface area is 154 Å². The fourth-order valence-electron chi connectivity index (χ4n) is 2.16. The number of anilines is 1. The molecule has 0 saturated heterocycles. The summed E-state index contributed by atoms with van der Waals surface area (Å²) < 4.78 is 40.0. The fourth-order valence-corrected chi connectivity index (χ4v) is 4.13. The first-order valence-corrected chi connectivity index (χ1v) is 9.37. The van der Waals surface area contributed by atoms with Crippen LogP contribution in [-0.4, -0.2) is 26.0 Å². The van der Waals surface area contributed by atoms with Crippen molar-refractivity contribution < 1.29 is 22.7 Å². The van der Waals surface area contributed by atoms with Crippen LogP contribution >= 0.6 is 23.2 Å². The number of hydrogen-bond acceptors (Lipinski definition) is 3. The molecule has 2 aromatic rings. The number of hydrogen-bond donors (Lipinski definition) is 1. The number of carboxylic acids is 1. The number of carbonyl (C=O) groups is 1. The molecule has 0 amide bonds. The molecule has 0 bridgehead atoms. The number of carboxylic acid groups (broad SMARTS) is 1. The van der Waals surface area contributed by atoms with E-state index < -0.39 is 21.8 Å². The number of aliphatic carboxylic acids is 1. The Kier molecular flexibility index (Phi) is 6.26. The Morgan fingerprint density at radius 2 is 1.76 bits per heavy atom. The molecule has 0 fully saturated rings. The zero-order valence-corrected chi connectivity index (χ0v) is 15.2. The van der Waals surface area contributed by atoms with E-state index in [-0.39, 0.29) is 40.0 Å². The van der Waals surface area contributed by atoms with Gasteiger partial charge in [0, 0.05) is 13.0 Å². The molecule has 25 heavy (non-hydrogen) atoms. The third kappa shape index (κ3) is 4.62. The molecule has 0 atom stereocenters. The molecule has 0 aliphatic carbocycles. The monoisotopic (exact) mass is 405 g/mol. The fraction of sp³-hybridized carbons (Fsp3) is 0.188. The van der Waals surface area contributed by atoms with Gasteiger partial charge >= 0.3 is 5.97 Å². The Balaban J connectivity index is 2.48. The van der Waals surface area contributed by atoms with E-state index in [2.05, 4.69) is 0 Å². The van der Waals surface area contributed by atoms with Crippen molar-refractivity contribution in [3.05, 3.63) is 58.3 Å². The topological polar surface area (TPSA) is 74.7 Å². The lowest BCUT2D eigenvalue weighted by atomic mass is 10.3. The summed E-state index contributed by atoms with van der Waals surface area (Å²) in [7, 11) is -4.08. The highest BCUT2D eigenvalue weighted by Crippen LogP contribution is 2.35. The predicted molar refractivity (Wildman–Crippen MR) is 94.3 cm³/mol. The maximum absolute atomic E-state index is 13.1. The largest absolute Gasteiger partial charge is 0.481 e. The molecule has 0 saturated carbocycles. The summed E-state index contributed by atoms with van der Waals surface area (Å²) in [5, 5.41) is 8.99. The molecule has 0 spiro atoms. The lowest BCUT2D eigenvalue weighted by Crippen LogP contribution is -2.32. The average molecular weight is 406 g/mol. The van der Waals surface area contributed by atoms with Crippen LogP contribution in [0.15, 0.2) is 47.4 Å². The van der Waals surface area contributed by atoms with Crippen molar-refractivity contribution >= 4 is 44.9 Å². The van der Waals surface area contributed by atoms with Crippen LogP contribution in [0.4, 0.5) is 10.1 Å². The summed E-state index contributed by atoms with van der Waals surface area (Å²) in [6.45, 7) is -0.119. The van der Waals surface area contributed by atoms with Crippen LogP contribution in [0.5, 0.6) is 0 Å². The van der Waals surface area contributed by atoms with Crippen LogP contribution in [0.25, 0.3) is 0 Å². The third-order valence-electron chi connectivity index (χ3n) is 3.35. The second-order valence-corrected chi connectivity index (χ2v) is 7.75. The smallest absolute Gasteiger partial charge is 0.303 e. The first kappa shape index (κ1) is 19.5.